The molecule has 0 heterocycles. The second-order valence-corrected chi connectivity index (χ2v) is 5.01. The van der Waals surface area contributed by atoms with E-state index >= 15 is 0 Å². The summed E-state index contributed by atoms with van der Waals surface area (Å²) in [5.74, 6) is -0.454. The molecule has 2 aromatic carbocycles. The minimum absolute atomic E-state index is 0.0693. The second kappa shape index (κ2) is 6.84. The number of aliphatic hydroxyl groups is 1. The fraction of sp³-hybridized carbons (Fsp3) is 0.250. The van der Waals surface area contributed by atoms with Gasteiger partial charge in [0, 0.05) is 13.5 Å². The Hall–Kier alpha value is -1.42. The van der Waals surface area contributed by atoms with Gasteiger partial charge in [-0.25, -0.2) is 4.39 Å². The quantitative estimate of drug-likeness (QED) is 0.906. The number of hydrogen-bond acceptors (Lipinski definition) is 2. The van der Waals surface area contributed by atoms with E-state index in [4.69, 9.17) is 16.3 Å². The van der Waals surface area contributed by atoms with Crippen LogP contribution in [0.25, 0.3) is 0 Å². The van der Waals surface area contributed by atoms with Gasteiger partial charge in [-0.2, -0.15) is 0 Å². The first-order chi connectivity index (χ1) is 9.61. The fourth-order valence-electron chi connectivity index (χ4n) is 2.15. The van der Waals surface area contributed by atoms with Gasteiger partial charge < -0.3 is 9.84 Å². The van der Waals surface area contributed by atoms with Gasteiger partial charge in [0.1, 0.15) is 5.82 Å². The van der Waals surface area contributed by atoms with Gasteiger partial charge in [-0.3, -0.25) is 0 Å². The second-order valence-electron chi connectivity index (χ2n) is 4.60. The molecule has 0 saturated heterocycles. The molecule has 0 amide bonds. The zero-order valence-electron chi connectivity index (χ0n) is 11.1. The Balaban J connectivity index is 2.19. The van der Waals surface area contributed by atoms with Crippen molar-refractivity contribution in [3.05, 3.63) is 70.0 Å². The summed E-state index contributed by atoms with van der Waals surface area (Å²) in [6.45, 7) is 0.442. The Morgan fingerprint density at radius 1 is 1.25 bits per heavy atom. The number of halogens is 2. The summed E-state index contributed by atoms with van der Waals surface area (Å²) in [5.41, 5.74) is 2.54. The minimum atomic E-state index is -0.678. The first-order valence-electron chi connectivity index (χ1n) is 6.30. The molecule has 1 unspecified atom stereocenters. The van der Waals surface area contributed by atoms with Crippen LogP contribution in [0.5, 0.6) is 0 Å². The Morgan fingerprint density at radius 3 is 2.70 bits per heavy atom. The number of ether oxygens (including phenoxy) is 1. The Kier molecular flexibility index (Phi) is 5.12. The summed E-state index contributed by atoms with van der Waals surface area (Å²) in [5, 5.41) is 10.4. The first-order valence-corrected chi connectivity index (χ1v) is 6.68. The molecule has 2 aromatic rings. The van der Waals surface area contributed by atoms with Crippen molar-refractivity contribution in [2.75, 3.05) is 7.11 Å². The van der Waals surface area contributed by atoms with E-state index < -0.39 is 11.9 Å². The molecular formula is C16H16ClFO2. The molecule has 1 atom stereocenters. The van der Waals surface area contributed by atoms with Gasteiger partial charge in [0.25, 0.3) is 0 Å². The Labute approximate surface area is 122 Å². The van der Waals surface area contributed by atoms with Crippen molar-refractivity contribution in [3.8, 4) is 0 Å². The Morgan fingerprint density at radius 2 is 2.00 bits per heavy atom. The number of hydrogen-bond donors (Lipinski definition) is 1. The maximum absolute atomic E-state index is 13.1. The van der Waals surface area contributed by atoms with E-state index in [2.05, 4.69) is 0 Å². The fourth-order valence-corrected chi connectivity index (χ4v) is 2.35. The maximum Gasteiger partial charge on any atom is 0.141 e. The molecule has 0 aliphatic rings. The molecule has 0 bridgehead atoms. The molecule has 2 nitrogen and oxygen atoms in total. The van der Waals surface area contributed by atoms with Crippen LogP contribution in [0.15, 0.2) is 42.5 Å². The largest absolute Gasteiger partial charge is 0.388 e. The number of aliphatic hydroxyl groups excluding tert-OH is 1. The molecule has 106 valence electrons. The standard InChI is InChI=1S/C16H16ClFO2/c1-20-10-12-4-2-3-5-13(12)16(19)9-11-6-7-15(18)14(17)8-11/h2-8,16,19H,9-10H2,1H3. The normalized spacial score (nSPS) is 12.4. The zero-order valence-corrected chi connectivity index (χ0v) is 11.9. The van der Waals surface area contributed by atoms with E-state index in [1.54, 1.807) is 19.2 Å². The van der Waals surface area contributed by atoms with Gasteiger partial charge in [0.2, 0.25) is 0 Å². The lowest BCUT2D eigenvalue weighted by molar-refractivity contribution is 0.161. The van der Waals surface area contributed by atoms with E-state index in [1.165, 1.54) is 6.07 Å². The highest BCUT2D eigenvalue weighted by atomic mass is 35.5. The van der Waals surface area contributed by atoms with Crippen LogP contribution in [0.1, 0.15) is 22.8 Å². The topological polar surface area (TPSA) is 29.5 Å². The first kappa shape index (κ1) is 15.0. The number of methoxy groups -OCH3 is 1. The third-order valence-corrected chi connectivity index (χ3v) is 3.42. The van der Waals surface area contributed by atoms with E-state index in [0.717, 1.165) is 16.7 Å². The van der Waals surface area contributed by atoms with Crippen LogP contribution in [0.2, 0.25) is 5.02 Å². The van der Waals surface area contributed by atoms with Gasteiger partial charge >= 0.3 is 0 Å². The molecule has 0 radical (unpaired) electrons. The molecule has 0 fully saturated rings. The van der Waals surface area contributed by atoms with Crippen molar-refractivity contribution in [1.29, 1.82) is 0 Å². The summed E-state index contributed by atoms with van der Waals surface area (Å²) < 4.78 is 18.2. The third-order valence-electron chi connectivity index (χ3n) is 3.13. The summed E-state index contributed by atoms with van der Waals surface area (Å²) in [6.07, 6.45) is -0.302. The summed E-state index contributed by atoms with van der Waals surface area (Å²) in [7, 11) is 1.61. The van der Waals surface area contributed by atoms with Crippen molar-refractivity contribution in [1.82, 2.24) is 0 Å². The maximum atomic E-state index is 13.1. The van der Waals surface area contributed by atoms with Crippen LogP contribution in [0, 0.1) is 5.82 Å². The van der Waals surface area contributed by atoms with Crippen molar-refractivity contribution in [3.63, 3.8) is 0 Å². The highest BCUT2D eigenvalue weighted by molar-refractivity contribution is 6.30. The highest BCUT2D eigenvalue weighted by Gasteiger charge is 2.13. The summed E-state index contributed by atoms with van der Waals surface area (Å²) in [6, 6.07) is 12.0. The van der Waals surface area contributed by atoms with Gasteiger partial charge in [0.15, 0.2) is 0 Å². The Bertz CT molecular complexity index is 586. The van der Waals surface area contributed by atoms with Crippen molar-refractivity contribution < 1.29 is 14.2 Å². The average Bonchev–Trinajstić information content (AvgIpc) is 2.44. The molecule has 0 aromatic heterocycles. The number of rotatable bonds is 5. The number of benzene rings is 2. The van der Waals surface area contributed by atoms with Gasteiger partial charge in [-0.05, 0) is 28.8 Å². The van der Waals surface area contributed by atoms with Gasteiger partial charge in [-0.15, -0.1) is 0 Å². The molecule has 1 N–H and O–H groups in total. The van der Waals surface area contributed by atoms with Crippen molar-refractivity contribution >= 4 is 11.6 Å². The van der Waals surface area contributed by atoms with Crippen LogP contribution >= 0.6 is 11.6 Å². The molecular weight excluding hydrogens is 279 g/mol. The van der Waals surface area contributed by atoms with Crippen LogP contribution in [0.3, 0.4) is 0 Å². The molecule has 4 heteroatoms. The third kappa shape index (κ3) is 3.57. The molecule has 20 heavy (non-hydrogen) atoms. The highest BCUT2D eigenvalue weighted by Crippen LogP contribution is 2.24. The SMILES string of the molecule is COCc1ccccc1C(O)Cc1ccc(F)c(Cl)c1. The minimum Gasteiger partial charge on any atom is -0.388 e. The molecule has 2 rings (SSSR count). The van der Waals surface area contributed by atoms with Gasteiger partial charge in [-0.1, -0.05) is 41.9 Å². The van der Waals surface area contributed by atoms with E-state index in [1.807, 2.05) is 24.3 Å². The lowest BCUT2D eigenvalue weighted by Crippen LogP contribution is -2.06. The van der Waals surface area contributed by atoms with E-state index in [0.29, 0.717) is 13.0 Å². The molecule has 0 spiro atoms. The van der Waals surface area contributed by atoms with Crippen LogP contribution in [-0.2, 0) is 17.8 Å². The average molecular weight is 295 g/mol. The molecule has 0 aliphatic carbocycles. The lowest BCUT2D eigenvalue weighted by atomic mass is 9.97. The predicted octanol–water partition coefficient (Wildman–Crippen LogP) is 3.90. The van der Waals surface area contributed by atoms with Crippen molar-refractivity contribution in [2.45, 2.75) is 19.1 Å². The summed E-state index contributed by atoms with van der Waals surface area (Å²) in [4.78, 5) is 0. The van der Waals surface area contributed by atoms with Crippen LogP contribution < -0.4 is 0 Å². The zero-order chi connectivity index (χ0) is 14.5. The monoisotopic (exact) mass is 294 g/mol. The van der Waals surface area contributed by atoms with Crippen LogP contribution in [0.4, 0.5) is 4.39 Å². The van der Waals surface area contributed by atoms with Crippen LogP contribution in [-0.4, -0.2) is 12.2 Å². The van der Waals surface area contributed by atoms with Crippen molar-refractivity contribution in [2.24, 2.45) is 0 Å². The van der Waals surface area contributed by atoms with Gasteiger partial charge in [0.05, 0.1) is 17.7 Å². The van der Waals surface area contributed by atoms with E-state index in [9.17, 15) is 9.50 Å². The van der Waals surface area contributed by atoms with E-state index in [-0.39, 0.29) is 5.02 Å². The molecule has 0 aliphatic heterocycles. The smallest absolute Gasteiger partial charge is 0.141 e. The lowest BCUT2D eigenvalue weighted by Gasteiger charge is -2.15. The summed E-state index contributed by atoms with van der Waals surface area (Å²) >= 11 is 5.75. The molecule has 0 saturated carbocycles. The predicted molar refractivity (Wildman–Crippen MR) is 77.2 cm³/mol.